The van der Waals surface area contributed by atoms with Crippen molar-refractivity contribution in [2.24, 2.45) is 0 Å². The molecule has 1 atom stereocenters. The Labute approximate surface area is 194 Å². The van der Waals surface area contributed by atoms with Crippen LogP contribution >= 0.6 is 15.9 Å². The highest BCUT2D eigenvalue weighted by molar-refractivity contribution is 9.10. The summed E-state index contributed by atoms with van der Waals surface area (Å²) >= 11 is 3.50. The molecule has 3 aromatic carbocycles. The number of amides is 1. The van der Waals surface area contributed by atoms with Crippen molar-refractivity contribution >= 4 is 38.5 Å². The van der Waals surface area contributed by atoms with Crippen LogP contribution in [0.2, 0.25) is 0 Å². The van der Waals surface area contributed by atoms with Crippen molar-refractivity contribution in [3.05, 3.63) is 109 Å². The molecule has 0 N–H and O–H groups in total. The van der Waals surface area contributed by atoms with E-state index in [0.29, 0.717) is 22.2 Å². The van der Waals surface area contributed by atoms with E-state index in [9.17, 15) is 9.59 Å². The number of benzene rings is 3. The van der Waals surface area contributed by atoms with Gasteiger partial charge in [-0.15, -0.1) is 0 Å². The maximum atomic E-state index is 13.7. The van der Waals surface area contributed by atoms with E-state index in [4.69, 9.17) is 4.42 Å². The summed E-state index contributed by atoms with van der Waals surface area (Å²) in [6, 6.07) is 18.8. The van der Waals surface area contributed by atoms with E-state index >= 15 is 0 Å². The Bertz CT molecular complexity index is 1440. The summed E-state index contributed by atoms with van der Waals surface area (Å²) in [6.45, 7) is 6.04. The van der Waals surface area contributed by atoms with Gasteiger partial charge in [0.2, 0.25) is 5.76 Å². The Morgan fingerprint density at radius 2 is 1.69 bits per heavy atom. The number of rotatable bonds is 3. The summed E-state index contributed by atoms with van der Waals surface area (Å²) in [5.74, 6) is -0.185. The maximum absolute atomic E-state index is 13.7. The first-order chi connectivity index (χ1) is 15.4. The first kappa shape index (κ1) is 20.7. The van der Waals surface area contributed by atoms with Crippen molar-refractivity contribution in [3.8, 4) is 0 Å². The molecule has 0 saturated heterocycles. The van der Waals surface area contributed by atoms with Crippen LogP contribution in [0, 0.1) is 13.8 Å². The number of carbonyl (C=O) groups excluding carboxylic acids is 1. The van der Waals surface area contributed by atoms with Gasteiger partial charge in [0.25, 0.3) is 5.91 Å². The molecular formula is C27H22BrNO3. The van der Waals surface area contributed by atoms with Crippen molar-refractivity contribution in [2.45, 2.75) is 33.2 Å². The van der Waals surface area contributed by atoms with Gasteiger partial charge in [0.1, 0.15) is 5.58 Å². The molecule has 0 aliphatic carbocycles. The van der Waals surface area contributed by atoms with Crippen LogP contribution in [0.15, 0.2) is 74.3 Å². The monoisotopic (exact) mass is 487 g/mol. The second-order valence-electron chi connectivity index (χ2n) is 8.26. The molecule has 0 fully saturated rings. The van der Waals surface area contributed by atoms with Crippen LogP contribution in [0.1, 0.15) is 51.3 Å². The van der Waals surface area contributed by atoms with Crippen molar-refractivity contribution in [1.29, 1.82) is 0 Å². The van der Waals surface area contributed by atoms with E-state index < -0.39 is 6.04 Å². The van der Waals surface area contributed by atoms with Gasteiger partial charge in [0.05, 0.1) is 17.0 Å². The predicted molar refractivity (Wildman–Crippen MR) is 131 cm³/mol. The van der Waals surface area contributed by atoms with Crippen LogP contribution in [-0.2, 0) is 6.42 Å². The molecule has 5 heteroatoms. The molecule has 0 spiro atoms. The van der Waals surface area contributed by atoms with Crippen LogP contribution < -0.4 is 10.3 Å². The molecule has 4 aromatic rings. The van der Waals surface area contributed by atoms with Crippen LogP contribution in [0.5, 0.6) is 0 Å². The lowest BCUT2D eigenvalue weighted by atomic mass is 9.96. The summed E-state index contributed by atoms with van der Waals surface area (Å²) in [7, 11) is 0. The minimum absolute atomic E-state index is 0.121. The fraction of sp³-hybridized carbons (Fsp3) is 0.185. The Balaban J connectivity index is 1.81. The minimum Gasteiger partial charge on any atom is -0.450 e. The maximum Gasteiger partial charge on any atom is 0.295 e. The lowest BCUT2D eigenvalue weighted by Crippen LogP contribution is -2.29. The van der Waals surface area contributed by atoms with Crippen LogP contribution in [0.4, 0.5) is 5.69 Å². The molecule has 0 bridgehead atoms. The zero-order valence-corrected chi connectivity index (χ0v) is 19.7. The molecule has 4 nitrogen and oxygen atoms in total. The highest BCUT2D eigenvalue weighted by Crippen LogP contribution is 2.42. The number of anilines is 1. The van der Waals surface area contributed by atoms with E-state index in [2.05, 4.69) is 22.9 Å². The van der Waals surface area contributed by atoms with Gasteiger partial charge >= 0.3 is 0 Å². The molecule has 5 rings (SSSR count). The van der Waals surface area contributed by atoms with Crippen molar-refractivity contribution in [1.82, 2.24) is 0 Å². The van der Waals surface area contributed by atoms with Crippen molar-refractivity contribution in [3.63, 3.8) is 0 Å². The Hall–Kier alpha value is -3.18. The Morgan fingerprint density at radius 1 is 0.969 bits per heavy atom. The summed E-state index contributed by atoms with van der Waals surface area (Å²) in [6.07, 6.45) is 0.918. The molecular weight excluding hydrogens is 466 g/mol. The zero-order valence-electron chi connectivity index (χ0n) is 18.1. The van der Waals surface area contributed by atoms with Crippen LogP contribution in [0.25, 0.3) is 11.0 Å². The molecule has 0 radical (unpaired) electrons. The molecule has 1 aromatic heterocycles. The van der Waals surface area contributed by atoms with Crippen molar-refractivity contribution in [2.75, 3.05) is 4.90 Å². The normalized spacial score (nSPS) is 15.4. The standard InChI is InChI=1S/C27H22BrNO3/c1-4-17-8-10-18(11-9-17)24-23-25(30)21-12-15(2)16(3)13-22(21)32-26(23)27(31)29(24)20-7-5-6-19(28)14-20/h5-14,24H,4H2,1-3H3. The number of fused-ring (bicyclic) bond motifs is 2. The van der Waals surface area contributed by atoms with Gasteiger partial charge in [-0.3, -0.25) is 14.5 Å². The highest BCUT2D eigenvalue weighted by Gasteiger charge is 2.43. The third-order valence-electron chi connectivity index (χ3n) is 6.28. The van der Waals surface area contributed by atoms with E-state index in [1.165, 1.54) is 5.56 Å². The molecule has 1 aliphatic rings. The number of nitrogens with zero attached hydrogens (tertiary/aromatic N) is 1. The third kappa shape index (κ3) is 3.19. The first-order valence-corrected chi connectivity index (χ1v) is 11.4. The average molecular weight is 488 g/mol. The molecule has 0 saturated carbocycles. The summed E-state index contributed by atoms with van der Waals surface area (Å²) in [4.78, 5) is 29.0. The largest absolute Gasteiger partial charge is 0.450 e. The topological polar surface area (TPSA) is 50.5 Å². The van der Waals surface area contributed by atoms with Crippen LogP contribution in [0.3, 0.4) is 0 Å². The van der Waals surface area contributed by atoms with E-state index in [0.717, 1.165) is 27.6 Å². The molecule has 1 unspecified atom stereocenters. The predicted octanol–water partition coefficient (Wildman–Crippen LogP) is 6.48. The lowest BCUT2D eigenvalue weighted by molar-refractivity contribution is 0.0971. The number of carbonyl (C=O) groups is 1. The second-order valence-corrected chi connectivity index (χ2v) is 9.17. The van der Waals surface area contributed by atoms with Gasteiger partial charge in [0.15, 0.2) is 5.43 Å². The molecule has 1 aliphatic heterocycles. The first-order valence-electron chi connectivity index (χ1n) is 10.6. The fourth-order valence-electron chi connectivity index (χ4n) is 4.37. The van der Waals surface area contributed by atoms with E-state index in [1.807, 2.05) is 74.5 Å². The van der Waals surface area contributed by atoms with Gasteiger partial charge in [0, 0.05) is 10.2 Å². The number of aryl methyl sites for hydroxylation is 3. The molecule has 1 amide bonds. The minimum atomic E-state index is -0.556. The molecule has 32 heavy (non-hydrogen) atoms. The van der Waals surface area contributed by atoms with Crippen molar-refractivity contribution < 1.29 is 9.21 Å². The van der Waals surface area contributed by atoms with Gasteiger partial charge in [-0.05, 0) is 72.9 Å². The molecule has 2 heterocycles. The van der Waals surface area contributed by atoms with Gasteiger partial charge in [-0.2, -0.15) is 0 Å². The SMILES string of the molecule is CCc1ccc(C2c3c(oc4cc(C)c(C)cc4c3=O)C(=O)N2c2cccc(Br)c2)cc1. The van der Waals surface area contributed by atoms with Crippen LogP contribution in [-0.4, -0.2) is 5.91 Å². The smallest absolute Gasteiger partial charge is 0.295 e. The van der Waals surface area contributed by atoms with Gasteiger partial charge < -0.3 is 4.42 Å². The van der Waals surface area contributed by atoms with E-state index in [-0.39, 0.29) is 17.1 Å². The second kappa shape index (κ2) is 7.75. The van der Waals surface area contributed by atoms with Gasteiger partial charge in [-0.25, -0.2) is 0 Å². The number of halogens is 1. The third-order valence-corrected chi connectivity index (χ3v) is 6.77. The van der Waals surface area contributed by atoms with Gasteiger partial charge in [-0.1, -0.05) is 53.2 Å². The fourth-order valence-corrected chi connectivity index (χ4v) is 4.76. The Kier molecular flexibility index (Phi) is 5.01. The summed E-state index contributed by atoms with van der Waals surface area (Å²) in [5.41, 5.74) is 5.50. The highest BCUT2D eigenvalue weighted by atomic mass is 79.9. The summed E-state index contributed by atoms with van der Waals surface area (Å²) < 4.78 is 6.96. The number of hydrogen-bond acceptors (Lipinski definition) is 3. The average Bonchev–Trinajstić information content (AvgIpc) is 3.08. The molecule has 160 valence electrons. The number of hydrogen-bond donors (Lipinski definition) is 0. The Morgan fingerprint density at radius 3 is 2.38 bits per heavy atom. The zero-order chi connectivity index (χ0) is 22.6. The van der Waals surface area contributed by atoms with E-state index in [1.54, 1.807) is 4.90 Å². The quantitative estimate of drug-likeness (QED) is 0.332. The lowest BCUT2D eigenvalue weighted by Gasteiger charge is -2.25. The summed E-state index contributed by atoms with van der Waals surface area (Å²) in [5, 5.41) is 0.505.